The largest absolute Gasteiger partial charge is 0.393 e. The Balaban J connectivity index is 1.18. The first-order valence-corrected chi connectivity index (χ1v) is 15.3. The average Bonchev–Trinajstić information content (AvgIpc) is 3.22. The third-order valence-corrected chi connectivity index (χ3v) is 12.0. The molecule has 1 aromatic carbocycles. The second kappa shape index (κ2) is 10.6. The molecule has 0 spiro atoms. The molecular weight excluding hydrogens is 458 g/mol. The molecule has 4 aliphatic carbocycles. The van der Waals surface area contributed by atoms with Gasteiger partial charge in [-0.1, -0.05) is 51.1 Å². The molecule has 4 aliphatic rings. The zero-order valence-corrected chi connectivity index (χ0v) is 23.7. The molecule has 37 heavy (non-hydrogen) atoms. The number of aliphatic hydroxyl groups excluding tert-OH is 2. The van der Waals surface area contributed by atoms with Gasteiger partial charge in [-0.2, -0.15) is 0 Å². The molecule has 0 heterocycles. The number of rotatable bonds is 7. The Bertz CT molecular complexity index is 935. The van der Waals surface area contributed by atoms with Crippen molar-refractivity contribution in [2.45, 2.75) is 117 Å². The van der Waals surface area contributed by atoms with Gasteiger partial charge in [0.2, 0.25) is 5.91 Å². The summed E-state index contributed by atoms with van der Waals surface area (Å²) < 4.78 is 0. The van der Waals surface area contributed by atoms with E-state index in [1.54, 1.807) is 0 Å². The predicted octanol–water partition coefficient (Wildman–Crippen LogP) is 6.14. The number of amides is 1. The maximum absolute atomic E-state index is 12.8. The van der Waals surface area contributed by atoms with Crippen LogP contribution in [0.5, 0.6) is 0 Å². The number of carbonyl (C=O) groups is 1. The normalized spacial score (nSPS) is 42.7. The summed E-state index contributed by atoms with van der Waals surface area (Å²) in [5.74, 6) is 3.67. The first-order valence-electron chi connectivity index (χ1n) is 15.3. The number of fused-ring (bicyclic) bond motifs is 5. The van der Waals surface area contributed by atoms with Gasteiger partial charge in [0, 0.05) is 12.5 Å². The van der Waals surface area contributed by atoms with Gasteiger partial charge in [-0.15, -0.1) is 0 Å². The fourth-order valence-corrected chi connectivity index (χ4v) is 10.2. The van der Waals surface area contributed by atoms with Gasteiger partial charge in [-0.05, 0) is 123 Å². The van der Waals surface area contributed by atoms with E-state index < -0.39 is 0 Å². The molecule has 4 fully saturated rings. The highest BCUT2D eigenvalue weighted by atomic mass is 16.3. The summed E-state index contributed by atoms with van der Waals surface area (Å²) in [6, 6.07) is 10.5. The van der Waals surface area contributed by atoms with Crippen molar-refractivity contribution in [2.75, 3.05) is 0 Å². The number of carbonyl (C=O) groups excluding carboxylic acids is 1. The first-order chi connectivity index (χ1) is 17.6. The minimum Gasteiger partial charge on any atom is -0.393 e. The molecule has 0 aromatic heterocycles. The molecule has 5 rings (SSSR count). The van der Waals surface area contributed by atoms with Gasteiger partial charge in [0.15, 0.2) is 0 Å². The van der Waals surface area contributed by atoms with Crippen LogP contribution in [-0.2, 0) is 11.2 Å². The van der Waals surface area contributed by atoms with Crippen molar-refractivity contribution < 1.29 is 15.0 Å². The smallest absolute Gasteiger partial charge is 0.220 e. The standard InChI is InChI=1S/C33H51NO3/c1-21(10-13-31(37)34-22(2)18-23-8-6-5-7-9-23)26-11-12-27-25-20-30(36)29-19-24(35)14-16-33(29,4)28(25)15-17-32(26,27)3/h5-9,21-22,24-30,35-36H,10-20H2,1-4H3,(H,34,37)/t21?,22?,24-,25?,26?,27?,28?,29+,30+,32?,33?/m1/s1. The van der Waals surface area contributed by atoms with Gasteiger partial charge >= 0.3 is 0 Å². The number of benzene rings is 1. The summed E-state index contributed by atoms with van der Waals surface area (Å²) in [5, 5.41) is 24.8. The Morgan fingerprint density at radius 3 is 2.41 bits per heavy atom. The molecule has 0 radical (unpaired) electrons. The Labute approximate surface area is 225 Å². The van der Waals surface area contributed by atoms with Crippen LogP contribution < -0.4 is 5.32 Å². The second-order valence-corrected chi connectivity index (χ2v) is 14.1. The zero-order valence-electron chi connectivity index (χ0n) is 23.7. The van der Waals surface area contributed by atoms with Crippen LogP contribution in [0.25, 0.3) is 0 Å². The lowest BCUT2D eigenvalue weighted by Crippen LogP contribution is -2.58. The molecular formula is C33H51NO3. The second-order valence-electron chi connectivity index (χ2n) is 14.1. The quantitative estimate of drug-likeness (QED) is 0.413. The summed E-state index contributed by atoms with van der Waals surface area (Å²) in [4.78, 5) is 12.8. The fraction of sp³-hybridized carbons (Fsp3) is 0.788. The Kier molecular flexibility index (Phi) is 7.82. The topological polar surface area (TPSA) is 69.6 Å². The summed E-state index contributed by atoms with van der Waals surface area (Å²) in [5.41, 5.74) is 1.78. The van der Waals surface area contributed by atoms with Gasteiger partial charge in [0.25, 0.3) is 0 Å². The molecule has 206 valence electrons. The van der Waals surface area contributed by atoms with Crippen LogP contribution in [0.1, 0.15) is 97.5 Å². The van der Waals surface area contributed by atoms with E-state index in [1.165, 1.54) is 31.2 Å². The van der Waals surface area contributed by atoms with E-state index >= 15 is 0 Å². The minimum absolute atomic E-state index is 0.151. The van der Waals surface area contributed by atoms with E-state index in [4.69, 9.17) is 0 Å². The van der Waals surface area contributed by atoms with Crippen LogP contribution in [0.4, 0.5) is 0 Å². The number of nitrogens with one attached hydrogen (secondary N) is 1. The Morgan fingerprint density at radius 2 is 1.65 bits per heavy atom. The third-order valence-electron chi connectivity index (χ3n) is 12.0. The van der Waals surface area contributed by atoms with Gasteiger partial charge in [-0.3, -0.25) is 4.79 Å². The SMILES string of the molecule is CC(Cc1ccccc1)NC(=O)CCC(C)C1CCC2C3C[C@H](O)[C@@H]4C[C@H](O)CCC4(C)C3CCC12C. The summed E-state index contributed by atoms with van der Waals surface area (Å²) in [6.07, 6.45) is 10.8. The number of aliphatic hydroxyl groups is 2. The van der Waals surface area contributed by atoms with Gasteiger partial charge < -0.3 is 15.5 Å². The molecule has 1 amide bonds. The van der Waals surface area contributed by atoms with Crippen LogP contribution in [0.15, 0.2) is 30.3 Å². The summed E-state index contributed by atoms with van der Waals surface area (Å²) in [7, 11) is 0. The molecule has 0 saturated heterocycles. The van der Waals surface area contributed by atoms with Crippen molar-refractivity contribution in [1.82, 2.24) is 5.32 Å². The lowest BCUT2D eigenvalue weighted by Gasteiger charge is -2.62. The highest BCUT2D eigenvalue weighted by molar-refractivity contribution is 5.76. The molecule has 4 heteroatoms. The van der Waals surface area contributed by atoms with Gasteiger partial charge in [0.05, 0.1) is 12.2 Å². The molecule has 4 nitrogen and oxygen atoms in total. The average molecular weight is 510 g/mol. The van der Waals surface area contributed by atoms with Crippen molar-refractivity contribution in [2.24, 2.45) is 46.3 Å². The van der Waals surface area contributed by atoms with E-state index in [9.17, 15) is 15.0 Å². The molecule has 0 bridgehead atoms. The minimum atomic E-state index is -0.262. The fourth-order valence-electron chi connectivity index (χ4n) is 10.2. The third kappa shape index (κ3) is 5.14. The van der Waals surface area contributed by atoms with Crippen molar-refractivity contribution in [3.05, 3.63) is 35.9 Å². The maximum atomic E-state index is 12.8. The lowest BCUT2D eigenvalue weighted by molar-refractivity contribution is -0.172. The van der Waals surface area contributed by atoms with Crippen LogP contribution >= 0.6 is 0 Å². The Hall–Kier alpha value is -1.39. The van der Waals surface area contributed by atoms with Crippen molar-refractivity contribution in [1.29, 1.82) is 0 Å². The van der Waals surface area contributed by atoms with Crippen LogP contribution in [0.2, 0.25) is 0 Å². The summed E-state index contributed by atoms with van der Waals surface area (Å²) in [6.45, 7) is 9.49. The molecule has 4 saturated carbocycles. The first kappa shape index (κ1) is 27.2. The lowest BCUT2D eigenvalue weighted by atomic mass is 9.44. The van der Waals surface area contributed by atoms with Crippen LogP contribution in [0.3, 0.4) is 0 Å². The highest BCUT2D eigenvalue weighted by Gasteiger charge is 2.62. The molecule has 3 N–H and O–H groups in total. The predicted molar refractivity (Wildman–Crippen MR) is 149 cm³/mol. The van der Waals surface area contributed by atoms with E-state index in [0.29, 0.717) is 41.4 Å². The zero-order chi connectivity index (χ0) is 26.4. The molecule has 1 aromatic rings. The van der Waals surface area contributed by atoms with Crippen molar-refractivity contribution in [3.8, 4) is 0 Å². The number of hydrogen-bond acceptors (Lipinski definition) is 3. The summed E-state index contributed by atoms with van der Waals surface area (Å²) >= 11 is 0. The number of hydrogen-bond donors (Lipinski definition) is 3. The maximum Gasteiger partial charge on any atom is 0.220 e. The van der Waals surface area contributed by atoms with Crippen LogP contribution in [-0.4, -0.2) is 34.4 Å². The van der Waals surface area contributed by atoms with E-state index in [2.05, 4.69) is 57.3 Å². The van der Waals surface area contributed by atoms with Crippen molar-refractivity contribution >= 4 is 5.91 Å². The van der Waals surface area contributed by atoms with Gasteiger partial charge in [-0.25, -0.2) is 0 Å². The van der Waals surface area contributed by atoms with Crippen molar-refractivity contribution in [3.63, 3.8) is 0 Å². The van der Waals surface area contributed by atoms with E-state index in [-0.39, 0.29) is 35.5 Å². The van der Waals surface area contributed by atoms with E-state index in [1.807, 2.05) is 6.07 Å². The molecule has 11 atom stereocenters. The highest BCUT2D eigenvalue weighted by Crippen LogP contribution is 2.68. The Morgan fingerprint density at radius 1 is 0.946 bits per heavy atom. The van der Waals surface area contributed by atoms with E-state index in [0.717, 1.165) is 38.5 Å². The van der Waals surface area contributed by atoms with Crippen LogP contribution in [0, 0.1) is 46.3 Å². The van der Waals surface area contributed by atoms with Gasteiger partial charge in [0.1, 0.15) is 0 Å². The monoisotopic (exact) mass is 509 g/mol. The molecule has 8 unspecified atom stereocenters. The molecule has 0 aliphatic heterocycles.